The second-order valence-electron chi connectivity index (χ2n) is 7.48. The van der Waals surface area contributed by atoms with Gasteiger partial charge in [-0.2, -0.15) is 5.10 Å². The number of aromatic nitrogens is 1. The van der Waals surface area contributed by atoms with Crippen LogP contribution in [0.2, 0.25) is 10.0 Å². The minimum atomic E-state index is -0.635. The van der Waals surface area contributed by atoms with Crippen LogP contribution in [0, 0.1) is 6.92 Å². The van der Waals surface area contributed by atoms with Crippen LogP contribution in [0.3, 0.4) is 0 Å². The summed E-state index contributed by atoms with van der Waals surface area (Å²) in [6.07, 6.45) is 4.98. The number of nitrogens with zero attached hydrogens (tertiary/aromatic N) is 2. The Morgan fingerprint density at radius 3 is 2.59 bits per heavy atom. The Morgan fingerprint density at radius 2 is 1.85 bits per heavy atom. The Labute approximate surface area is 204 Å². The number of fused-ring (bicyclic) bond motifs is 1. The number of carbonyl (C=O) groups is 3. The normalized spacial score (nSPS) is 13.8. The van der Waals surface area contributed by atoms with Crippen molar-refractivity contribution in [3.63, 3.8) is 0 Å². The molecule has 2 aromatic heterocycles. The maximum Gasteiger partial charge on any atom is 0.305 e. The molecule has 34 heavy (non-hydrogen) atoms. The first-order chi connectivity index (χ1) is 16.3. The quantitative estimate of drug-likeness (QED) is 0.470. The summed E-state index contributed by atoms with van der Waals surface area (Å²) in [5.74, 6) is -1.00. The van der Waals surface area contributed by atoms with Crippen molar-refractivity contribution in [1.82, 2.24) is 21.3 Å². The second kappa shape index (κ2) is 10.1. The van der Waals surface area contributed by atoms with Gasteiger partial charge in [0.2, 0.25) is 0 Å². The van der Waals surface area contributed by atoms with Crippen molar-refractivity contribution in [1.29, 1.82) is 0 Å². The molecule has 0 atom stereocenters. The van der Waals surface area contributed by atoms with Gasteiger partial charge < -0.3 is 4.42 Å². The lowest BCUT2D eigenvalue weighted by Gasteiger charge is -2.13. The third kappa shape index (κ3) is 4.95. The SMILES string of the molecule is Cc1c(C(=O)NNC(=O)c2ccc(Cl)cc2Cl)oc2c1/C(=N/NC(=O)c1cccnc1)CCC2. The van der Waals surface area contributed by atoms with Crippen LogP contribution in [-0.2, 0) is 6.42 Å². The van der Waals surface area contributed by atoms with Gasteiger partial charge in [0.05, 0.1) is 21.9 Å². The van der Waals surface area contributed by atoms with E-state index in [1.807, 2.05) is 0 Å². The Balaban J connectivity index is 1.48. The smallest absolute Gasteiger partial charge is 0.305 e. The molecule has 0 radical (unpaired) electrons. The van der Waals surface area contributed by atoms with Crippen LogP contribution in [0.4, 0.5) is 0 Å². The molecule has 0 saturated heterocycles. The number of pyridine rings is 1. The number of hydrazone groups is 1. The summed E-state index contributed by atoms with van der Waals surface area (Å²) in [6, 6.07) is 7.68. The van der Waals surface area contributed by atoms with Crippen molar-refractivity contribution < 1.29 is 18.8 Å². The van der Waals surface area contributed by atoms with Crippen LogP contribution < -0.4 is 16.3 Å². The minimum Gasteiger partial charge on any atom is -0.455 e. The fourth-order valence-electron chi connectivity index (χ4n) is 3.59. The molecule has 11 heteroatoms. The largest absolute Gasteiger partial charge is 0.455 e. The van der Waals surface area contributed by atoms with Gasteiger partial charge in [-0.15, -0.1) is 0 Å². The molecule has 3 amide bonds. The molecule has 0 fully saturated rings. The summed E-state index contributed by atoms with van der Waals surface area (Å²) < 4.78 is 5.79. The van der Waals surface area contributed by atoms with Crippen LogP contribution in [0.1, 0.15) is 61.0 Å². The molecule has 3 aromatic rings. The van der Waals surface area contributed by atoms with Crippen molar-refractivity contribution in [3.8, 4) is 0 Å². The minimum absolute atomic E-state index is 0.0423. The molecule has 4 rings (SSSR count). The lowest BCUT2D eigenvalue weighted by atomic mass is 9.93. The maximum absolute atomic E-state index is 12.7. The molecule has 0 aliphatic heterocycles. The third-order valence-electron chi connectivity index (χ3n) is 5.21. The molecular formula is C23H19Cl2N5O4. The van der Waals surface area contributed by atoms with Crippen molar-refractivity contribution in [2.24, 2.45) is 5.10 Å². The average molecular weight is 500 g/mol. The van der Waals surface area contributed by atoms with Crippen LogP contribution in [0.25, 0.3) is 0 Å². The van der Waals surface area contributed by atoms with E-state index in [2.05, 4.69) is 26.4 Å². The number of furan rings is 1. The highest BCUT2D eigenvalue weighted by Crippen LogP contribution is 2.30. The first-order valence-corrected chi connectivity index (χ1v) is 11.1. The number of rotatable bonds is 4. The molecule has 174 valence electrons. The van der Waals surface area contributed by atoms with Crippen molar-refractivity contribution in [2.45, 2.75) is 26.2 Å². The van der Waals surface area contributed by atoms with Gasteiger partial charge in [-0.05, 0) is 50.1 Å². The summed E-state index contributed by atoms with van der Waals surface area (Å²) in [7, 11) is 0. The molecule has 0 spiro atoms. The Bertz CT molecular complexity index is 1300. The van der Waals surface area contributed by atoms with E-state index in [9.17, 15) is 14.4 Å². The van der Waals surface area contributed by atoms with Crippen LogP contribution >= 0.6 is 23.2 Å². The molecule has 2 heterocycles. The fraction of sp³-hybridized carbons (Fsp3) is 0.174. The van der Waals surface area contributed by atoms with Gasteiger partial charge in [0.25, 0.3) is 11.8 Å². The van der Waals surface area contributed by atoms with E-state index in [1.165, 1.54) is 24.4 Å². The van der Waals surface area contributed by atoms with Gasteiger partial charge in [-0.25, -0.2) is 5.43 Å². The Kier molecular flexibility index (Phi) is 6.95. The predicted molar refractivity (Wildman–Crippen MR) is 126 cm³/mol. The summed E-state index contributed by atoms with van der Waals surface area (Å²) in [6.45, 7) is 1.72. The van der Waals surface area contributed by atoms with E-state index in [-0.39, 0.29) is 16.3 Å². The second-order valence-corrected chi connectivity index (χ2v) is 8.33. The molecular weight excluding hydrogens is 481 g/mol. The number of benzene rings is 1. The zero-order valence-electron chi connectivity index (χ0n) is 17.9. The van der Waals surface area contributed by atoms with Gasteiger partial charge in [-0.1, -0.05) is 23.2 Å². The van der Waals surface area contributed by atoms with Gasteiger partial charge in [-0.3, -0.25) is 30.2 Å². The summed E-state index contributed by atoms with van der Waals surface area (Å²) >= 11 is 11.9. The monoisotopic (exact) mass is 499 g/mol. The van der Waals surface area contributed by atoms with Gasteiger partial charge in [0.1, 0.15) is 5.76 Å². The number of hydrogen-bond acceptors (Lipinski definition) is 6. The van der Waals surface area contributed by atoms with E-state index >= 15 is 0 Å². The molecule has 3 N–H and O–H groups in total. The summed E-state index contributed by atoms with van der Waals surface area (Å²) in [5.41, 5.74) is 9.55. The van der Waals surface area contributed by atoms with Gasteiger partial charge in [0.15, 0.2) is 5.76 Å². The number of amides is 3. The lowest BCUT2D eigenvalue weighted by molar-refractivity contribution is 0.0829. The highest BCUT2D eigenvalue weighted by Gasteiger charge is 2.28. The van der Waals surface area contributed by atoms with E-state index in [0.29, 0.717) is 46.0 Å². The van der Waals surface area contributed by atoms with Crippen molar-refractivity contribution in [2.75, 3.05) is 0 Å². The number of nitrogens with one attached hydrogen (secondary N) is 3. The zero-order chi connectivity index (χ0) is 24.2. The topological polar surface area (TPSA) is 126 Å². The van der Waals surface area contributed by atoms with Crippen molar-refractivity contribution in [3.05, 3.63) is 86.5 Å². The number of hydrogen-bond donors (Lipinski definition) is 3. The van der Waals surface area contributed by atoms with Gasteiger partial charge >= 0.3 is 5.91 Å². The first-order valence-electron chi connectivity index (χ1n) is 10.3. The molecule has 0 saturated carbocycles. The van der Waals surface area contributed by atoms with Gasteiger partial charge in [0, 0.05) is 35.0 Å². The summed E-state index contributed by atoms with van der Waals surface area (Å²) in [5, 5.41) is 4.80. The predicted octanol–water partition coefficient (Wildman–Crippen LogP) is 3.84. The molecule has 0 unspecified atom stereocenters. The highest BCUT2D eigenvalue weighted by molar-refractivity contribution is 6.36. The first kappa shape index (κ1) is 23.5. The average Bonchev–Trinajstić information content (AvgIpc) is 3.18. The van der Waals surface area contributed by atoms with E-state index < -0.39 is 17.7 Å². The number of aryl methyl sites for hydroxylation is 1. The highest BCUT2D eigenvalue weighted by atomic mass is 35.5. The molecule has 9 nitrogen and oxygen atoms in total. The standard InChI is InChI=1S/C23H19Cl2N5O4/c1-12-19-17(27-28-21(31)13-4-3-9-26-11-13)5-2-6-18(19)34-20(12)23(33)30-29-22(32)15-8-7-14(24)10-16(15)25/h3-4,7-11H,2,5-6H2,1H3,(H,28,31)(H,29,32)(H,30,33)/b27-17+. The number of halogens is 2. The Morgan fingerprint density at radius 1 is 1.06 bits per heavy atom. The van der Waals surface area contributed by atoms with Crippen LogP contribution in [0.5, 0.6) is 0 Å². The van der Waals surface area contributed by atoms with Crippen molar-refractivity contribution >= 4 is 46.6 Å². The van der Waals surface area contributed by atoms with E-state index in [4.69, 9.17) is 27.6 Å². The lowest BCUT2D eigenvalue weighted by Crippen LogP contribution is -2.41. The van der Waals surface area contributed by atoms with E-state index in [0.717, 1.165) is 6.42 Å². The molecule has 1 aromatic carbocycles. The number of carbonyl (C=O) groups excluding carboxylic acids is 3. The number of hydrazine groups is 1. The van der Waals surface area contributed by atoms with Crippen LogP contribution in [-0.4, -0.2) is 28.4 Å². The summed E-state index contributed by atoms with van der Waals surface area (Å²) in [4.78, 5) is 41.3. The maximum atomic E-state index is 12.7. The zero-order valence-corrected chi connectivity index (χ0v) is 19.5. The molecule has 1 aliphatic carbocycles. The van der Waals surface area contributed by atoms with E-state index in [1.54, 1.807) is 25.3 Å². The third-order valence-corrected chi connectivity index (χ3v) is 5.76. The fourth-order valence-corrected chi connectivity index (χ4v) is 4.08. The Hall–Kier alpha value is -3.69. The molecule has 1 aliphatic rings. The van der Waals surface area contributed by atoms with Crippen LogP contribution in [0.15, 0.2) is 52.2 Å². The molecule has 0 bridgehead atoms.